The Labute approximate surface area is 314 Å². The summed E-state index contributed by atoms with van der Waals surface area (Å²) in [5.74, 6) is -0.196. The fraction of sp³-hybridized carbons (Fsp3) is 0.935. The van der Waals surface area contributed by atoms with Crippen molar-refractivity contribution in [3.05, 3.63) is 12.2 Å². The Morgan fingerprint density at radius 3 is 1.14 bits per heavy atom. The first-order valence-electron chi connectivity index (χ1n) is 22.8. The molecule has 0 aliphatic carbocycles. The molecule has 0 bridgehead atoms. The van der Waals surface area contributed by atoms with Crippen molar-refractivity contribution in [2.45, 2.75) is 258 Å². The number of allylic oxidation sites excluding steroid dienone is 2. The first-order chi connectivity index (χ1) is 24.7. The Morgan fingerprint density at radius 1 is 0.460 bits per heavy atom. The number of rotatable bonds is 43. The quantitative estimate of drug-likeness (QED) is 0.0390. The van der Waals surface area contributed by atoms with Gasteiger partial charge in [-0.1, -0.05) is 219 Å². The second-order valence-electron chi connectivity index (χ2n) is 15.5. The maximum Gasteiger partial charge on any atom is 0.306 e. The van der Waals surface area contributed by atoms with Crippen LogP contribution in [0.15, 0.2) is 12.2 Å². The number of carbonyl (C=O) groups excluding carboxylic acids is 1. The van der Waals surface area contributed by atoms with E-state index < -0.39 is 6.10 Å². The standard InChI is InChI=1S/C46H90O4/c1-3-5-7-9-11-13-15-17-19-20-21-22-23-24-25-26-27-29-31-33-35-37-39-41-46(48)50-45(43-47)44-49-42-40-38-36-34-32-30-28-18-16-14-12-10-8-6-4-2/h20-21,45,47H,3-19,22-44H2,1-2H3/b21-20-. The molecular weight excluding hydrogens is 617 g/mol. The number of esters is 1. The molecule has 0 heterocycles. The lowest BCUT2D eigenvalue weighted by Gasteiger charge is -2.16. The fourth-order valence-electron chi connectivity index (χ4n) is 6.91. The molecule has 0 rings (SSSR count). The van der Waals surface area contributed by atoms with Crippen molar-refractivity contribution in [3.63, 3.8) is 0 Å². The maximum atomic E-state index is 12.2. The maximum absolute atomic E-state index is 12.2. The summed E-state index contributed by atoms with van der Waals surface area (Å²) in [6.07, 6.45) is 52.8. The monoisotopic (exact) mass is 707 g/mol. The summed E-state index contributed by atoms with van der Waals surface area (Å²) in [7, 11) is 0. The lowest BCUT2D eigenvalue weighted by atomic mass is 10.0. The van der Waals surface area contributed by atoms with Crippen LogP contribution >= 0.6 is 0 Å². The van der Waals surface area contributed by atoms with E-state index in [1.165, 1.54) is 212 Å². The van der Waals surface area contributed by atoms with Gasteiger partial charge in [-0.05, 0) is 38.5 Å². The molecule has 0 fully saturated rings. The van der Waals surface area contributed by atoms with Gasteiger partial charge in [0.1, 0.15) is 6.10 Å². The molecule has 4 nitrogen and oxygen atoms in total. The first-order valence-corrected chi connectivity index (χ1v) is 22.8. The zero-order valence-electron chi connectivity index (χ0n) is 34.2. The van der Waals surface area contributed by atoms with E-state index >= 15 is 0 Å². The van der Waals surface area contributed by atoms with Gasteiger partial charge in [0.25, 0.3) is 0 Å². The van der Waals surface area contributed by atoms with E-state index in [-0.39, 0.29) is 12.6 Å². The zero-order chi connectivity index (χ0) is 36.3. The second-order valence-corrected chi connectivity index (χ2v) is 15.5. The van der Waals surface area contributed by atoms with Crippen LogP contribution in [0.1, 0.15) is 251 Å². The van der Waals surface area contributed by atoms with Crippen LogP contribution in [0.5, 0.6) is 0 Å². The lowest BCUT2D eigenvalue weighted by molar-refractivity contribution is -0.154. The van der Waals surface area contributed by atoms with Crippen molar-refractivity contribution in [2.75, 3.05) is 19.8 Å². The van der Waals surface area contributed by atoms with E-state index in [4.69, 9.17) is 9.47 Å². The number of hydrogen-bond acceptors (Lipinski definition) is 4. The van der Waals surface area contributed by atoms with Crippen LogP contribution in [0.2, 0.25) is 0 Å². The Bertz CT molecular complexity index is 663. The lowest BCUT2D eigenvalue weighted by Crippen LogP contribution is -2.27. The molecule has 0 saturated heterocycles. The number of aliphatic hydroxyl groups excluding tert-OH is 1. The van der Waals surface area contributed by atoms with Crippen molar-refractivity contribution >= 4 is 5.97 Å². The van der Waals surface area contributed by atoms with Crippen molar-refractivity contribution in [1.82, 2.24) is 0 Å². The van der Waals surface area contributed by atoms with Gasteiger partial charge in [-0.2, -0.15) is 0 Å². The van der Waals surface area contributed by atoms with Crippen LogP contribution in [0.25, 0.3) is 0 Å². The topological polar surface area (TPSA) is 55.8 Å². The van der Waals surface area contributed by atoms with E-state index in [1.807, 2.05) is 0 Å². The normalized spacial score (nSPS) is 12.3. The molecule has 0 aliphatic rings. The second kappa shape index (κ2) is 44.3. The summed E-state index contributed by atoms with van der Waals surface area (Å²) in [6.45, 7) is 5.39. The van der Waals surface area contributed by atoms with Gasteiger partial charge in [-0.3, -0.25) is 4.79 Å². The van der Waals surface area contributed by atoms with Crippen molar-refractivity contribution in [1.29, 1.82) is 0 Å². The van der Waals surface area contributed by atoms with Gasteiger partial charge in [0.15, 0.2) is 0 Å². The van der Waals surface area contributed by atoms with Crippen LogP contribution in [-0.2, 0) is 14.3 Å². The number of carbonyl (C=O) groups is 1. The van der Waals surface area contributed by atoms with E-state index in [1.54, 1.807) is 0 Å². The fourth-order valence-corrected chi connectivity index (χ4v) is 6.91. The molecule has 0 spiro atoms. The van der Waals surface area contributed by atoms with Gasteiger partial charge in [-0.25, -0.2) is 0 Å². The highest BCUT2D eigenvalue weighted by Gasteiger charge is 2.13. The summed E-state index contributed by atoms with van der Waals surface area (Å²) < 4.78 is 11.2. The van der Waals surface area contributed by atoms with Crippen LogP contribution in [0.3, 0.4) is 0 Å². The van der Waals surface area contributed by atoms with Gasteiger partial charge >= 0.3 is 5.97 Å². The van der Waals surface area contributed by atoms with Gasteiger partial charge < -0.3 is 14.6 Å². The molecule has 1 unspecified atom stereocenters. The zero-order valence-corrected chi connectivity index (χ0v) is 34.2. The number of aliphatic hydroxyl groups is 1. The van der Waals surface area contributed by atoms with Gasteiger partial charge in [0.05, 0.1) is 13.2 Å². The molecule has 298 valence electrons. The highest BCUT2D eigenvalue weighted by atomic mass is 16.6. The molecule has 0 aromatic carbocycles. The van der Waals surface area contributed by atoms with Crippen molar-refractivity contribution < 1.29 is 19.4 Å². The molecule has 1 N–H and O–H groups in total. The first kappa shape index (κ1) is 49.1. The van der Waals surface area contributed by atoms with Gasteiger partial charge in [0, 0.05) is 13.0 Å². The molecule has 0 amide bonds. The van der Waals surface area contributed by atoms with Crippen molar-refractivity contribution in [2.24, 2.45) is 0 Å². The SMILES string of the molecule is CCCCCCCCCC/C=C\CCCCCCCCCCCCCC(=O)OC(CO)COCCCCCCCCCCCCCCCCC. The van der Waals surface area contributed by atoms with Gasteiger partial charge in [-0.15, -0.1) is 0 Å². The molecular formula is C46H90O4. The average Bonchev–Trinajstić information content (AvgIpc) is 3.12. The molecule has 1 atom stereocenters. The molecule has 0 aromatic rings. The Hall–Kier alpha value is -0.870. The van der Waals surface area contributed by atoms with Crippen LogP contribution < -0.4 is 0 Å². The largest absolute Gasteiger partial charge is 0.457 e. The van der Waals surface area contributed by atoms with E-state index in [9.17, 15) is 9.90 Å². The Kier molecular flexibility index (Phi) is 43.5. The third-order valence-electron chi connectivity index (χ3n) is 10.3. The number of hydrogen-bond donors (Lipinski definition) is 1. The Balaban J connectivity index is 3.37. The smallest absolute Gasteiger partial charge is 0.306 e. The predicted octanol–water partition coefficient (Wildman–Crippen LogP) is 14.9. The third-order valence-corrected chi connectivity index (χ3v) is 10.3. The summed E-state index contributed by atoms with van der Waals surface area (Å²) in [4.78, 5) is 12.2. The highest BCUT2D eigenvalue weighted by Crippen LogP contribution is 2.15. The summed E-state index contributed by atoms with van der Waals surface area (Å²) in [6, 6.07) is 0. The average molecular weight is 707 g/mol. The predicted molar refractivity (Wildman–Crippen MR) is 219 cm³/mol. The molecule has 0 aliphatic heterocycles. The minimum Gasteiger partial charge on any atom is -0.457 e. The summed E-state index contributed by atoms with van der Waals surface area (Å²) >= 11 is 0. The van der Waals surface area contributed by atoms with Crippen LogP contribution in [0, 0.1) is 0 Å². The minimum absolute atomic E-state index is 0.166. The van der Waals surface area contributed by atoms with Crippen molar-refractivity contribution in [3.8, 4) is 0 Å². The summed E-state index contributed by atoms with van der Waals surface area (Å²) in [5, 5.41) is 9.61. The molecule has 50 heavy (non-hydrogen) atoms. The van der Waals surface area contributed by atoms with E-state index in [0.717, 1.165) is 19.3 Å². The molecule has 0 saturated carbocycles. The molecule has 0 aromatic heterocycles. The Morgan fingerprint density at radius 2 is 0.780 bits per heavy atom. The minimum atomic E-state index is -0.528. The van der Waals surface area contributed by atoms with Gasteiger partial charge in [0.2, 0.25) is 0 Å². The number of ether oxygens (including phenoxy) is 2. The van der Waals surface area contributed by atoms with Crippen LogP contribution in [-0.4, -0.2) is 37.0 Å². The molecule has 4 heteroatoms. The number of unbranched alkanes of at least 4 members (excludes halogenated alkanes) is 33. The highest BCUT2D eigenvalue weighted by molar-refractivity contribution is 5.69. The third kappa shape index (κ3) is 41.5. The van der Waals surface area contributed by atoms with E-state index in [2.05, 4.69) is 26.0 Å². The van der Waals surface area contributed by atoms with E-state index in [0.29, 0.717) is 19.6 Å². The summed E-state index contributed by atoms with van der Waals surface area (Å²) in [5.41, 5.74) is 0. The van der Waals surface area contributed by atoms with Crippen LogP contribution in [0.4, 0.5) is 0 Å². The molecule has 0 radical (unpaired) electrons.